The van der Waals surface area contributed by atoms with E-state index < -0.39 is 0 Å². The Morgan fingerprint density at radius 3 is 1.49 bits per heavy atom. The summed E-state index contributed by atoms with van der Waals surface area (Å²) < 4.78 is 2.38. The van der Waals surface area contributed by atoms with E-state index in [1.807, 2.05) is 0 Å². The number of fused-ring (bicyclic) bond motifs is 3. The molecule has 0 aliphatic carbocycles. The molecule has 0 aliphatic rings. The lowest BCUT2D eigenvalue weighted by molar-refractivity contribution is 1.10. The van der Waals surface area contributed by atoms with Crippen LogP contribution >= 0.6 is 0 Å². The van der Waals surface area contributed by atoms with Crippen molar-refractivity contribution in [3.05, 3.63) is 145 Å². The number of benzene rings is 6. The quantitative estimate of drug-likeness (QED) is 0.212. The van der Waals surface area contributed by atoms with Crippen LogP contribution in [0.15, 0.2) is 133 Å². The number of nitrogens with zero attached hydrogens (tertiary/aromatic N) is 1. The van der Waals surface area contributed by atoms with E-state index in [4.69, 9.17) is 0 Å². The molecule has 1 aromatic heterocycles. The van der Waals surface area contributed by atoms with Crippen LogP contribution < -0.4 is 0 Å². The van der Waals surface area contributed by atoms with Gasteiger partial charge < -0.3 is 4.57 Å². The van der Waals surface area contributed by atoms with E-state index in [0.717, 1.165) is 0 Å². The van der Waals surface area contributed by atoms with Crippen LogP contribution in [0.5, 0.6) is 0 Å². The Balaban J connectivity index is 1.48. The number of aromatic nitrogens is 1. The van der Waals surface area contributed by atoms with Gasteiger partial charge in [-0.1, -0.05) is 115 Å². The van der Waals surface area contributed by atoms with Gasteiger partial charge in [-0.05, 0) is 87.5 Å². The third kappa shape index (κ3) is 3.70. The Hall–Kier alpha value is -4.88. The normalized spacial score (nSPS) is 11.7. The molecule has 0 spiro atoms. The van der Waals surface area contributed by atoms with E-state index in [0.29, 0.717) is 0 Å². The molecule has 0 saturated heterocycles. The van der Waals surface area contributed by atoms with Gasteiger partial charge in [0.2, 0.25) is 0 Å². The van der Waals surface area contributed by atoms with E-state index in [1.54, 1.807) is 0 Å². The third-order valence-electron chi connectivity index (χ3n) is 7.91. The minimum atomic E-state index is 1.17. The van der Waals surface area contributed by atoms with E-state index in [2.05, 4.69) is 158 Å². The summed E-state index contributed by atoms with van der Waals surface area (Å²) in [5, 5.41) is 6.41. The Bertz CT molecular complexity index is 1950. The maximum Gasteiger partial charge on any atom is 0.0537 e. The lowest BCUT2D eigenvalue weighted by Gasteiger charge is -2.18. The van der Waals surface area contributed by atoms with Crippen molar-refractivity contribution in [2.24, 2.45) is 0 Å². The number of hydrogen-bond acceptors (Lipinski definition) is 0. The Kier molecular flexibility index (Phi) is 5.64. The first-order chi connectivity index (χ1) is 19.3. The largest absolute Gasteiger partial charge is 0.310 e. The van der Waals surface area contributed by atoms with Gasteiger partial charge in [-0.3, -0.25) is 0 Å². The van der Waals surface area contributed by atoms with Crippen LogP contribution in [0.4, 0.5) is 0 Å². The molecule has 0 bridgehead atoms. The van der Waals surface area contributed by atoms with Crippen molar-refractivity contribution in [1.82, 2.24) is 4.57 Å². The molecule has 39 heavy (non-hydrogen) atoms. The predicted molar refractivity (Wildman–Crippen MR) is 169 cm³/mol. The molecule has 0 aliphatic heterocycles. The monoisotopic (exact) mass is 499 g/mol. The van der Waals surface area contributed by atoms with Gasteiger partial charge in [0.15, 0.2) is 0 Å². The number of rotatable bonds is 4. The first-order valence-corrected chi connectivity index (χ1v) is 13.6. The molecule has 6 aromatic carbocycles. The minimum absolute atomic E-state index is 1.17. The Labute approximate surface area is 229 Å². The predicted octanol–water partition coefficient (Wildman–Crippen LogP) is 10.6. The average molecular weight is 500 g/mol. The van der Waals surface area contributed by atoms with Crippen LogP contribution in [0.2, 0.25) is 0 Å². The second-order valence-corrected chi connectivity index (χ2v) is 10.1. The summed E-state index contributed by atoms with van der Waals surface area (Å²) in [5.41, 5.74) is 10.0. The molecule has 1 nitrogen and oxygen atoms in total. The smallest absolute Gasteiger partial charge is 0.0537 e. The standard InChI is InChI=1S/C38H29N/c1-3-13-35-26(2)30-16-11-12-21-36(30)39(35)29-24-22-28(23-25-29)38-33-19-9-7-17-31(33)37(27-14-5-4-6-15-27)32-18-8-10-20-34(32)38/h3-25H,1-2H3/b13-3-. The fourth-order valence-corrected chi connectivity index (χ4v) is 6.19. The zero-order chi connectivity index (χ0) is 26.3. The molecule has 7 rings (SSSR count). The highest BCUT2D eigenvalue weighted by Crippen LogP contribution is 2.43. The van der Waals surface area contributed by atoms with E-state index in [-0.39, 0.29) is 0 Å². The number of hydrogen-bond donors (Lipinski definition) is 0. The zero-order valence-corrected chi connectivity index (χ0v) is 22.2. The second-order valence-electron chi connectivity index (χ2n) is 10.1. The Morgan fingerprint density at radius 2 is 0.949 bits per heavy atom. The molecule has 0 N–H and O–H groups in total. The molecule has 1 heteroatoms. The number of para-hydroxylation sites is 1. The summed E-state index contributed by atoms with van der Waals surface area (Å²) in [7, 11) is 0. The summed E-state index contributed by atoms with van der Waals surface area (Å²) >= 11 is 0. The molecule has 0 atom stereocenters. The third-order valence-corrected chi connectivity index (χ3v) is 7.91. The molecule has 0 fully saturated rings. The van der Waals surface area contributed by atoms with Crippen molar-refractivity contribution in [3.8, 4) is 27.9 Å². The summed E-state index contributed by atoms with van der Waals surface area (Å²) in [5.74, 6) is 0. The maximum absolute atomic E-state index is 2.38. The molecular weight excluding hydrogens is 470 g/mol. The van der Waals surface area contributed by atoms with Gasteiger partial charge in [0.1, 0.15) is 0 Å². The fraction of sp³-hybridized carbons (Fsp3) is 0.0526. The first kappa shape index (κ1) is 23.3. The van der Waals surface area contributed by atoms with Crippen molar-refractivity contribution in [2.45, 2.75) is 13.8 Å². The topological polar surface area (TPSA) is 4.93 Å². The highest BCUT2D eigenvalue weighted by atomic mass is 15.0. The van der Waals surface area contributed by atoms with Crippen LogP contribution in [0.1, 0.15) is 18.2 Å². The van der Waals surface area contributed by atoms with Crippen molar-refractivity contribution < 1.29 is 0 Å². The summed E-state index contributed by atoms with van der Waals surface area (Å²) in [6.45, 7) is 4.30. The zero-order valence-electron chi connectivity index (χ0n) is 22.2. The van der Waals surface area contributed by atoms with Crippen LogP contribution in [-0.4, -0.2) is 4.57 Å². The van der Waals surface area contributed by atoms with E-state index in [1.165, 1.54) is 71.6 Å². The van der Waals surface area contributed by atoms with Gasteiger partial charge in [0.25, 0.3) is 0 Å². The second kappa shape index (κ2) is 9.45. The minimum Gasteiger partial charge on any atom is -0.310 e. The fourth-order valence-electron chi connectivity index (χ4n) is 6.19. The van der Waals surface area contributed by atoms with Crippen LogP contribution in [0.3, 0.4) is 0 Å². The summed E-state index contributed by atoms with van der Waals surface area (Å²) in [4.78, 5) is 0. The highest BCUT2D eigenvalue weighted by Gasteiger charge is 2.17. The van der Waals surface area contributed by atoms with Gasteiger partial charge in [0.05, 0.1) is 5.52 Å². The molecule has 7 aromatic rings. The van der Waals surface area contributed by atoms with Gasteiger partial charge in [0, 0.05) is 16.8 Å². The van der Waals surface area contributed by atoms with Crippen LogP contribution in [-0.2, 0) is 0 Å². The summed E-state index contributed by atoms with van der Waals surface area (Å²) in [6, 6.07) is 46.2. The van der Waals surface area contributed by atoms with Crippen molar-refractivity contribution >= 4 is 38.5 Å². The lowest BCUT2D eigenvalue weighted by atomic mass is 9.86. The number of aryl methyl sites for hydroxylation is 1. The SMILES string of the molecule is C/C=C\c1c(C)c2ccccc2n1-c1ccc(-c2c3ccccc3c(-c3ccccc3)c3ccccc23)cc1. The van der Waals surface area contributed by atoms with E-state index >= 15 is 0 Å². The van der Waals surface area contributed by atoms with Gasteiger partial charge >= 0.3 is 0 Å². The van der Waals surface area contributed by atoms with Crippen molar-refractivity contribution in [3.63, 3.8) is 0 Å². The first-order valence-electron chi connectivity index (χ1n) is 13.6. The molecule has 1 heterocycles. The van der Waals surface area contributed by atoms with Gasteiger partial charge in [-0.15, -0.1) is 0 Å². The average Bonchev–Trinajstić information content (AvgIpc) is 3.27. The van der Waals surface area contributed by atoms with Crippen LogP contribution in [0, 0.1) is 6.92 Å². The molecule has 0 unspecified atom stereocenters. The molecule has 0 saturated carbocycles. The molecule has 0 radical (unpaired) electrons. The van der Waals surface area contributed by atoms with Gasteiger partial charge in [-0.25, -0.2) is 0 Å². The summed E-state index contributed by atoms with van der Waals surface area (Å²) in [6.07, 6.45) is 4.34. The molecule has 0 amide bonds. The molecular formula is C38H29N. The lowest BCUT2D eigenvalue weighted by Crippen LogP contribution is -1.97. The van der Waals surface area contributed by atoms with Crippen molar-refractivity contribution in [1.29, 1.82) is 0 Å². The van der Waals surface area contributed by atoms with Crippen molar-refractivity contribution in [2.75, 3.05) is 0 Å². The number of allylic oxidation sites excluding steroid dienone is 1. The molecule has 186 valence electrons. The van der Waals surface area contributed by atoms with Crippen LogP contribution in [0.25, 0.3) is 66.5 Å². The van der Waals surface area contributed by atoms with E-state index in [9.17, 15) is 0 Å². The Morgan fingerprint density at radius 1 is 0.487 bits per heavy atom. The highest BCUT2D eigenvalue weighted by molar-refractivity contribution is 6.21. The van der Waals surface area contributed by atoms with Gasteiger partial charge in [-0.2, -0.15) is 0 Å². The maximum atomic E-state index is 2.38.